The van der Waals surface area contributed by atoms with Crippen molar-refractivity contribution in [3.05, 3.63) is 22.1 Å². The minimum absolute atomic E-state index is 0.0362. The highest BCUT2D eigenvalue weighted by Crippen LogP contribution is 1.99. The molecule has 1 rings (SSSR count). The quantitative estimate of drug-likeness (QED) is 0.393. The number of H-pyrrole nitrogens is 1. The fourth-order valence-electron chi connectivity index (χ4n) is 1.94. The fourth-order valence-corrected chi connectivity index (χ4v) is 1.94. The van der Waals surface area contributed by atoms with Gasteiger partial charge in [-0.15, -0.1) is 6.42 Å². The second-order valence-corrected chi connectivity index (χ2v) is 5.24. The molecule has 9 nitrogen and oxygen atoms in total. The molecule has 0 aromatic carbocycles. The molecule has 0 atom stereocenters. The predicted octanol–water partition coefficient (Wildman–Crippen LogP) is 1.12. The summed E-state index contributed by atoms with van der Waals surface area (Å²) in [4.78, 5) is 40.5. The summed E-state index contributed by atoms with van der Waals surface area (Å²) in [7, 11) is 0. The lowest BCUT2D eigenvalue weighted by Crippen LogP contribution is -2.31. The smallest absolute Gasteiger partial charge is 0.408 e. The minimum atomic E-state index is -0.515. The number of aromatic amines is 1. The number of amides is 3. The number of unbranched alkanes of at least 4 members (excludes halogenated alkanes) is 3. The second-order valence-electron chi connectivity index (χ2n) is 5.24. The zero-order valence-corrected chi connectivity index (χ0v) is 14.2. The number of ether oxygens (including phenoxy) is 1. The molecule has 0 saturated carbocycles. The molecule has 3 amide bonds. The maximum absolute atomic E-state index is 11.7. The molecule has 0 saturated heterocycles. The highest BCUT2D eigenvalue weighted by Gasteiger charge is 2.04. The van der Waals surface area contributed by atoms with Crippen LogP contribution < -0.4 is 21.5 Å². The number of hydrogen-bond donors (Lipinski definition) is 4. The van der Waals surface area contributed by atoms with Crippen LogP contribution in [0.3, 0.4) is 0 Å². The van der Waals surface area contributed by atoms with Crippen molar-refractivity contribution in [2.75, 3.05) is 25.0 Å². The topological polar surface area (TPSA) is 125 Å². The van der Waals surface area contributed by atoms with E-state index in [4.69, 9.17) is 6.42 Å². The van der Waals surface area contributed by atoms with Crippen LogP contribution in [-0.2, 0) is 4.74 Å². The minimum Gasteiger partial charge on any atom is -0.436 e. The lowest BCUT2D eigenvalue weighted by Gasteiger charge is -2.07. The number of terminal acetylenes is 1. The number of rotatable bonds is 9. The van der Waals surface area contributed by atoms with E-state index in [0.29, 0.717) is 18.8 Å². The molecule has 0 fully saturated rings. The maximum Gasteiger partial charge on any atom is 0.408 e. The van der Waals surface area contributed by atoms with E-state index in [2.05, 4.69) is 36.6 Å². The Morgan fingerprint density at radius 1 is 1.24 bits per heavy atom. The molecule has 4 N–H and O–H groups in total. The van der Waals surface area contributed by atoms with Gasteiger partial charge in [0.25, 0.3) is 5.56 Å². The Labute approximate surface area is 145 Å². The van der Waals surface area contributed by atoms with Gasteiger partial charge in [-0.2, -0.15) is 0 Å². The first kappa shape index (κ1) is 20.0. The molecule has 0 aliphatic carbocycles. The van der Waals surface area contributed by atoms with Gasteiger partial charge >= 0.3 is 12.1 Å². The highest BCUT2D eigenvalue weighted by molar-refractivity contribution is 5.87. The summed E-state index contributed by atoms with van der Waals surface area (Å²) in [6.07, 6.45) is 7.88. The average Bonchev–Trinajstić information content (AvgIpc) is 2.54. The van der Waals surface area contributed by atoms with Gasteiger partial charge in [0.05, 0.1) is 0 Å². The van der Waals surface area contributed by atoms with Crippen molar-refractivity contribution in [3.63, 3.8) is 0 Å². The van der Waals surface area contributed by atoms with Crippen LogP contribution in [0.15, 0.2) is 10.9 Å². The third-order valence-electron chi connectivity index (χ3n) is 3.05. The molecular formula is C16H23N5O4. The first-order valence-corrected chi connectivity index (χ1v) is 7.98. The van der Waals surface area contributed by atoms with Crippen LogP contribution in [0.4, 0.5) is 15.5 Å². The zero-order chi connectivity index (χ0) is 18.5. The van der Waals surface area contributed by atoms with Crippen molar-refractivity contribution in [1.29, 1.82) is 0 Å². The van der Waals surface area contributed by atoms with E-state index in [0.717, 1.165) is 25.7 Å². The normalized spacial score (nSPS) is 9.76. The Morgan fingerprint density at radius 2 is 1.92 bits per heavy atom. The van der Waals surface area contributed by atoms with Gasteiger partial charge in [-0.05, 0) is 19.8 Å². The van der Waals surface area contributed by atoms with Crippen LogP contribution in [0.5, 0.6) is 0 Å². The van der Waals surface area contributed by atoms with E-state index in [1.165, 1.54) is 6.07 Å². The number of carbonyl (C=O) groups is 2. The number of alkyl carbamates (subject to hydrolysis) is 1. The Bertz CT molecular complexity index is 665. The van der Waals surface area contributed by atoms with Crippen LogP contribution in [0, 0.1) is 19.3 Å². The van der Waals surface area contributed by atoms with Crippen molar-refractivity contribution in [2.24, 2.45) is 0 Å². The Morgan fingerprint density at radius 3 is 2.56 bits per heavy atom. The number of carbonyl (C=O) groups excluding carboxylic acids is 2. The van der Waals surface area contributed by atoms with E-state index < -0.39 is 12.1 Å². The number of hydrogen-bond acceptors (Lipinski definition) is 5. The summed E-state index contributed by atoms with van der Waals surface area (Å²) in [6.45, 7) is 2.65. The fraction of sp³-hybridized carbons (Fsp3) is 0.500. The van der Waals surface area contributed by atoms with Crippen LogP contribution in [0.25, 0.3) is 0 Å². The molecule has 0 bridgehead atoms. The predicted molar refractivity (Wildman–Crippen MR) is 93.3 cm³/mol. The summed E-state index contributed by atoms with van der Waals surface area (Å²) >= 11 is 0. The van der Waals surface area contributed by atoms with Crippen molar-refractivity contribution >= 4 is 18.1 Å². The molecule has 1 aromatic rings. The molecule has 1 aromatic heterocycles. The molecule has 1 heterocycles. The standard InChI is InChI=1S/C16H23N5O4/c1-3-10-25-16(24)18-9-7-5-4-6-8-17-15(23)21-14-19-12(2)11-13(22)20-14/h1,11H,4-10H2,2H3,(H,18,24)(H3,17,19,20,21,22,23). The van der Waals surface area contributed by atoms with Crippen molar-refractivity contribution in [1.82, 2.24) is 20.6 Å². The summed E-state index contributed by atoms with van der Waals surface area (Å²) < 4.78 is 4.66. The molecule has 0 aliphatic heterocycles. The number of urea groups is 1. The van der Waals surface area contributed by atoms with Crippen molar-refractivity contribution < 1.29 is 14.3 Å². The van der Waals surface area contributed by atoms with Gasteiger partial charge in [-0.1, -0.05) is 18.8 Å². The average molecular weight is 349 g/mol. The third kappa shape index (κ3) is 9.65. The summed E-state index contributed by atoms with van der Waals surface area (Å²) in [5.41, 5.74) is 0.204. The zero-order valence-electron chi connectivity index (χ0n) is 14.2. The number of aryl methyl sites for hydroxylation is 1. The monoisotopic (exact) mass is 349 g/mol. The molecule has 0 radical (unpaired) electrons. The summed E-state index contributed by atoms with van der Waals surface area (Å²) in [5, 5.41) is 7.74. The summed E-state index contributed by atoms with van der Waals surface area (Å²) in [6, 6.07) is 0.916. The van der Waals surface area contributed by atoms with E-state index in [9.17, 15) is 14.4 Å². The maximum atomic E-state index is 11.7. The number of anilines is 1. The highest BCUT2D eigenvalue weighted by atomic mass is 16.5. The van der Waals surface area contributed by atoms with Gasteiger partial charge in [-0.3, -0.25) is 15.1 Å². The van der Waals surface area contributed by atoms with Gasteiger partial charge in [0.15, 0.2) is 6.61 Å². The number of nitrogens with one attached hydrogen (secondary N) is 4. The van der Waals surface area contributed by atoms with Gasteiger partial charge in [0, 0.05) is 24.8 Å². The Kier molecular flexibility index (Phi) is 9.22. The second kappa shape index (κ2) is 11.5. The largest absolute Gasteiger partial charge is 0.436 e. The Balaban J connectivity index is 2.04. The molecule has 0 aliphatic rings. The Hall–Kier alpha value is -3.02. The first-order chi connectivity index (χ1) is 12.0. The number of aromatic nitrogens is 2. The molecule has 136 valence electrons. The van der Waals surface area contributed by atoms with Crippen LogP contribution in [0.1, 0.15) is 31.4 Å². The lowest BCUT2D eigenvalue weighted by molar-refractivity contribution is 0.160. The molecule has 0 unspecified atom stereocenters. The first-order valence-electron chi connectivity index (χ1n) is 7.98. The number of nitrogens with zero attached hydrogens (tertiary/aromatic N) is 1. The van der Waals surface area contributed by atoms with Gasteiger partial charge in [-0.25, -0.2) is 14.6 Å². The van der Waals surface area contributed by atoms with E-state index in [1.807, 2.05) is 0 Å². The molecule has 0 spiro atoms. The third-order valence-corrected chi connectivity index (χ3v) is 3.05. The van der Waals surface area contributed by atoms with Crippen molar-refractivity contribution in [2.45, 2.75) is 32.6 Å². The SMILES string of the molecule is C#CCOC(=O)NCCCCCCNC(=O)Nc1nc(C)cc(=O)[nH]1. The van der Waals surface area contributed by atoms with Crippen LogP contribution in [-0.4, -0.2) is 41.8 Å². The van der Waals surface area contributed by atoms with Crippen LogP contribution in [0.2, 0.25) is 0 Å². The van der Waals surface area contributed by atoms with Crippen LogP contribution >= 0.6 is 0 Å². The van der Waals surface area contributed by atoms with E-state index in [-0.39, 0.29) is 18.1 Å². The van der Waals surface area contributed by atoms with E-state index in [1.54, 1.807) is 6.92 Å². The van der Waals surface area contributed by atoms with E-state index >= 15 is 0 Å². The van der Waals surface area contributed by atoms with Crippen molar-refractivity contribution in [3.8, 4) is 12.3 Å². The molecule has 9 heteroatoms. The lowest BCUT2D eigenvalue weighted by atomic mass is 10.2. The van der Waals surface area contributed by atoms with Gasteiger partial charge < -0.3 is 15.4 Å². The molecular weight excluding hydrogens is 326 g/mol. The molecule has 25 heavy (non-hydrogen) atoms. The van der Waals surface area contributed by atoms with Gasteiger partial charge in [0.2, 0.25) is 5.95 Å². The van der Waals surface area contributed by atoms with Gasteiger partial charge in [0.1, 0.15) is 0 Å². The summed E-state index contributed by atoms with van der Waals surface area (Å²) in [5.74, 6) is 2.33.